The molecule has 1 aliphatic heterocycles. The normalized spacial score (nSPS) is 14.9. The molecule has 9 nitrogen and oxygen atoms in total. The summed E-state index contributed by atoms with van der Waals surface area (Å²) in [5.41, 5.74) is 0.809. The summed E-state index contributed by atoms with van der Waals surface area (Å²) in [6, 6.07) is 12.3. The second kappa shape index (κ2) is 12.2. The highest BCUT2D eigenvalue weighted by Gasteiger charge is 2.32. The van der Waals surface area contributed by atoms with E-state index < -0.39 is 22.2 Å². The molecule has 1 aliphatic rings. The van der Waals surface area contributed by atoms with Gasteiger partial charge in [-0.1, -0.05) is 41.9 Å². The number of sulfonamides is 1. The van der Waals surface area contributed by atoms with E-state index in [0.29, 0.717) is 25.4 Å². The van der Waals surface area contributed by atoms with Gasteiger partial charge in [0.05, 0.1) is 23.1 Å². The van der Waals surface area contributed by atoms with Gasteiger partial charge in [-0.25, -0.2) is 13.2 Å². The predicted molar refractivity (Wildman–Crippen MR) is 132 cm³/mol. The van der Waals surface area contributed by atoms with Gasteiger partial charge in [0, 0.05) is 26.2 Å². The average Bonchev–Trinajstić information content (AvgIpc) is 2.85. The molecule has 35 heavy (non-hydrogen) atoms. The molecule has 1 saturated heterocycles. The lowest BCUT2D eigenvalue weighted by Crippen LogP contribution is -2.56. The summed E-state index contributed by atoms with van der Waals surface area (Å²) in [5, 5.41) is 0.163. The minimum Gasteiger partial charge on any atom is -0.492 e. The molecule has 0 bridgehead atoms. The van der Waals surface area contributed by atoms with Gasteiger partial charge >= 0.3 is 6.09 Å². The molecule has 1 unspecified atom stereocenters. The number of nitrogens with one attached hydrogen (secondary N) is 1. The van der Waals surface area contributed by atoms with Crippen molar-refractivity contribution in [1.82, 2.24) is 14.5 Å². The summed E-state index contributed by atoms with van der Waals surface area (Å²) in [7, 11) is -4.07. The molecule has 0 spiro atoms. The number of carbonyl (C=O) groups excluding carboxylic acids is 2. The summed E-state index contributed by atoms with van der Waals surface area (Å²) < 4.78 is 39.4. The number of rotatable bonds is 9. The third-order valence-corrected chi connectivity index (χ3v) is 7.27. The SMILES string of the molecule is CCOC(=O)N1CCN(C(=O)C(Cc2ccccc2)NS(=O)(=O)c2ccc(OCC)c(Cl)c2)CC1. The summed E-state index contributed by atoms with van der Waals surface area (Å²) >= 11 is 6.19. The zero-order valence-electron chi connectivity index (χ0n) is 19.8. The van der Waals surface area contributed by atoms with Crippen LogP contribution in [0.5, 0.6) is 5.75 Å². The van der Waals surface area contributed by atoms with Gasteiger partial charge in [0.15, 0.2) is 0 Å². The molecule has 2 aromatic carbocycles. The highest BCUT2D eigenvalue weighted by atomic mass is 35.5. The Morgan fingerprint density at radius 3 is 2.26 bits per heavy atom. The maximum absolute atomic E-state index is 13.4. The van der Waals surface area contributed by atoms with Gasteiger partial charge < -0.3 is 19.3 Å². The molecule has 2 aromatic rings. The van der Waals surface area contributed by atoms with Crippen molar-refractivity contribution in [2.24, 2.45) is 0 Å². The molecule has 0 aliphatic carbocycles. The second-order valence-electron chi connectivity index (χ2n) is 7.90. The van der Waals surface area contributed by atoms with Crippen LogP contribution >= 0.6 is 11.6 Å². The summed E-state index contributed by atoms with van der Waals surface area (Å²) in [5.74, 6) is 0.0162. The molecule has 1 N–H and O–H groups in total. The minimum atomic E-state index is -4.07. The van der Waals surface area contributed by atoms with E-state index in [1.807, 2.05) is 30.3 Å². The first-order valence-electron chi connectivity index (χ1n) is 11.4. The molecule has 0 aromatic heterocycles. The summed E-state index contributed by atoms with van der Waals surface area (Å²) in [6.45, 7) is 5.37. The predicted octanol–water partition coefficient (Wildman–Crippen LogP) is 2.93. The van der Waals surface area contributed by atoms with Gasteiger partial charge in [-0.2, -0.15) is 4.72 Å². The van der Waals surface area contributed by atoms with Crippen LogP contribution in [-0.4, -0.2) is 75.7 Å². The summed E-state index contributed by atoms with van der Waals surface area (Å²) in [4.78, 5) is 28.4. The molecule has 1 heterocycles. The van der Waals surface area contributed by atoms with Crippen molar-refractivity contribution in [3.63, 3.8) is 0 Å². The van der Waals surface area contributed by atoms with Gasteiger partial charge in [-0.3, -0.25) is 4.79 Å². The van der Waals surface area contributed by atoms with Crippen molar-refractivity contribution in [2.75, 3.05) is 39.4 Å². The van der Waals surface area contributed by atoms with Crippen LogP contribution in [0.3, 0.4) is 0 Å². The minimum absolute atomic E-state index is 0.0658. The van der Waals surface area contributed by atoms with Gasteiger partial charge in [-0.15, -0.1) is 0 Å². The highest BCUT2D eigenvalue weighted by molar-refractivity contribution is 7.89. The lowest BCUT2D eigenvalue weighted by atomic mass is 10.1. The lowest BCUT2D eigenvalue weighted by Gasteiger charge is -2.36. The van der Waals surface area contributed by atoms with Crippen LogP contribution in [0, 0.1) is 0 Å². The lowest BCUT2D eigenvalue weighted by molar-refractivity contribution is -0.134. The molecule has 11 heteroatoms. The fourth-order valence-corrected chi connectivity index (χ4v) is 5.27. The second-order valence-corrected chi connectivity index (χ2v) is 10.0. The average molecular weight is 524 g/mol. The topological polar surface area (TPSA) is 105 Å². The Balaban J connectivity index is 1.79. The number of benzene rings is 2. The monoisotopic (exact) mass is 523 g/mol. The zero-order chi connectivity index (χ0) is 25.4. The number of piperazine rings is 1. The molecule has 3 rings (SSSR count). The van der Waals surface area contributed by atoms with Gasteiger partial charge in [0.1, 0.15) is 11.8 Å². The molecular formula is C24H30ClN3O6S. The Bertz CT molecular complexity index is 1120. The number of amides is 2. The van der Waals surface area contributed by atoms with Crippen LogP contribution in [0.15, 0.2) is 53.4 Å². The van der Waals surface area contributed by atoms with Gasteiger partial charge in [0.25, 0.3) is 0 Å². The number of ether oxygens (including phenoxy) is 2. The smallest absolute Gasteiger partial charge is 0.409 e. The van der Waals surface area contributed by atoms with Crippen molar-refractivity contribution in [3.05, 3.63) is 59.1 Å². The van der Waals surface area contributed by atoms with Crippen LogP contribution in [0.4, 0.5) is 4.79 Å². The summed E-state index contributed by atoms with van der Waals surface area (Å²) in [6.07, 6.45) is -0.254. The first-order chi connectivity index (χ1) is 16.7. The van der Waals surface area contributed by atoms with Crippen molar-refractivity contribution < 1.29 is 27.5 Å². The molecule has 0 radical (unpaired) electrons. The van der Waals surface area contributed by atoms with Crippen LogP contribution in [0.1, 0.15) is 19.4 Å². The van der Waals surface area contributed by atoms with E-state index in [0.717, 1.165) is 5.56 Å². The van der Waals surface area contributed by atoms with Crippen LogP contribution in [0.2, 0.25) is 5.02 Å². The Morgan fingerprint density at radius 2 is 1.66 bits per heavy atom. The standard InChI is InChI=1S/C24H30ClN3O6S/c1-3-33-22-11-10-19(17-20(22)25)35(31,32)26-21(16-18-8-6-5-7-9-18)23(29)27-12-14-28(15-13-27)24(30)34-4-2/h5-11,17,21,26H,3-4,12-16H2,1-2H3. The number of nitrogens with zero attached hydrogens (tertiary/aromatic N) is 2. The van der Waals surface area contributed by atoms with Crippen molar-refractivity contribution in [1.29, 1.82) is 0 Å². The first-order valence-corrected chi connectivity index (χ1v) is 13.3. The zero-order valence-corrected chi connectivity index (χ0v) is 21.3. The van der Waals surface area contributed by atoms with E-state index in [1.54, 1.807) is 18.7 Å². The van der Waals surface area contributed by atoms with Crippen LogP contribution in [0.25, 0.3) is 0 Å². The number of carbonyl (C=O) groups is 2. The maximum atomic E-state index is 13.4. The van der Waals surface area contributed by atoms with Gasteiger partial charge in [-0.05, 0) is 44.0 Å². The van der Waals surface area contributed by atoms with Crippen molar-refractivity contribution in [2.45, 2.75) is 31.2 Å². The maximum Gasteiger partial charge on any atom is 0.409 e. The van der Waals surface area contributed by atoms with E-state index >= 15 is 0 Å². The quantitative estimate of drug-likeness (QED) is 0.542. The third-order valence-electron chi connectivity index (χ3n) is 5.51. The van der Waals surface area contributed by atoms with E-state index in [2.05, 4.69) is 4.72 Å². The fraction of sp³-hybridized carbons (Fsp3) is 0.417. The molecule has 2 amide bonds. The molecule has 190 valence electrons. The largest absolute Gasteiger partial charge is 0.492 e. The van der Waals surface area contributed by atoms with Gasteiger partial charge in [0.2, 0.25) is 15.9 Å². The number of halogens is 1. The Hall–Kier alpha value is -2.82. The first kappa shape index (κ1) is 26.8. The molecule has 0 saturated carbocycles. The number of hydrogen-bond acceptors (Lipinski definition) is 6. The Morgan fingerprint density at radius 1 is 1.00 bits per heavy atom. The molecule has 1 atom stereocenters. The fourth-order valence-electron chi connectivity index (χ4n) is 3.75. The third kappa shape index (κ3) is 7.09. The number of hydrogen-bond donors (Lipinski definition) is 1. The van der Waals surface area contributed by atoms with E-state index in [9.17, 15) is 18.0 Å². The highest BCUT2D eigenvalue weighted by Crippen LogP contribution is 2.27. The van der Waals surface area contributed by atoms with E-state index in [-0.39, 0.29) is 41.9 Å². The van der Waals surface area contributed by atoms with E-state index in [4.69, 9.17) is 21.1 Å². The Kier molecular flexibility index (Phi) is 9.36. The van der Waals surface area contributed by atoms with Crippen molar-refractivity contribution in [3.8, 4) is 5.75 Å². The van der Waals surface area contributed by atoms with Crippen LogP contribution < -0.4 is 9.46 Å². The van der Waals surface area contributed by atoms with Crippen molar-refractivity contribution >= 4 is 33.6 Å². The Labute approximate surface area is 211 Å². The van der Waals surface area contributed by atoms with E-state index in [1.165, 1.54) is 23.1 Å². The van der Waals surface area contributed by atoms with Crippen LogP contribution in [-0.2, 0) is 26.0 Å². The molecule has 1 fully saturated rings. The molecular weight excluding hydrogens is 494 g/mol.